The third-order valence-corrected chi connectivity index (χ3v) is 2.14. The minimum absolute atomic E-state index is 0.0747. The molecule has 0 N–H and O–H groups in total. The van der Waals surface area contributed by atoms with Gasteiger partial charge in [-0.25, -0.2) is 0 Å². The monoisotopic (exact) mass is 168 g/mol. The number of carbonyl (C=O) groups is 1. The Morgan fingerprint density at radius 1 is 1.83 bits per heavy atom. The third kappa shape index (κ3) is 1.89. The second-order valence-corrected chi connectivity index (χ2v) is 2.92. The summed E-state index contributed by atoms with van der Waals surface area (Å²) in [6.45, 7) is 2.77. The van der Waals surface area contributed by atoms with Crippen LogP contribution in [0.2, 0.25) is 0 Å². The van der Waals surface area contributed by atoms with Gasteiger partial charge in [-0.2, -0.15) is 0 Å². The van der Waals surface area contributed by atoms with Crippen LogP contribution in [0.25, 0.3) is 10.4 Å². The van der Waals surface area contributed by atoms with Crippen molar-refractivity contribution in [2.75, 3.05) is 13.1 Å². The van der Waals surface area contributed by atoms with Crippen LogP contribution in [0.3, 0.4) is 0 Å². The zero-order chi connectivity index (χ0) is 8.97. The van der Waals surface area contributed by atoms with E-state index in [-0.39, 0.29) is 11.9 Å². The fourth-order valence-corrected chi connectivity index (χ4v) is 1.57. The van der Waals surface area contributed by atoms with Gasteiger partial charge in [0.05, 0.1) is 0 Å². The first-order valence-corrected chi connectivity index (χ1v) is 4.03. The van der Waals surface area contributed by atoms with Crippen LogP contribution in [0, 0.1) is 0 Å². The van der Waals surface area contributed by atoms with Crippen LogP contribution in [0.4, 0.5) is 0 Å². The summed E-state index contributed by atoms with van der Waals surface area (Å²) in [6, 6.07) is 0.137. The molecule has 0 bridgehead atoms. The van der Waals surface area contributed by atoms with Crippen molar-refractivity contribution < 1.29 is 4.79 Å². The van der Waals surface area contributed by atoms with Crippen molar-refractivity contribution in [1.29, 1.82) is 0 Å². The zero-order valence-electron chi connectivity index (χ0n) is 7.10. The molecule has 0 aromatic rings. The summed E-state index contributed by atoms with van der Waals surface area (Å²) >= 11 is 0. The van der Waals surface area contributed by atoms with Crippen LogP contribution in [-0.4, -0.2) is 29.9 Å². The van der Waals surface area contributed by atoms with Crippen molar-refractivity contribution in [3.05, 3.63) is 10.4 Å². The molecule has 1 amide bonds. The molecule has 1 atom stereocenters. The predicted octanol–water partition coefficient (Wildman–Crippen LogP) is 1.31. The highest BCUT2D eigenvalue weighted by molar-refractivity contribution is 5.73. The summed E-state index contributed by atoms with van der Waals surface area (Å²) in [4.78, 5) is 15.5. The molecule has 1 rings (SSSR count). The number of nitrogens with zero attached hydrogens (tertiary/aromatic N) is 4. The van der Waals surface area contributed by atoms with Crippen molar-refractivity contribution in [2.24, 2.45) is 5.11 Å². The van der Waals surface area contributed by atoms with Crippen LogP contribution < -0.4 is 0 Å². The average molecular weight is 168 g/mol. The molecule has 1 saturated heterocycles. The number of rotatable bonds is 2. The maximum Gasteiger partial charge on any atom is 0.219 e. The van der Waals surface area contributed by atoms with Crippen molar-refractivity contribution in [1.82, 2.24) is 4.90 Å². The first kappa shape index (κ1) is 8.87. The number of hydrogen-bond acceptors (Lipinski definition) is 2. The van der Waals surface area contributed by atoms with Gasteiger partial charge in [0, 0.05) is 31.0 Å². The van der Waals surface area contributed by atoms with Gasteiger partial charge in [-0.1, -0.05) is 5.11 Å². The van der Waals surface area contributed by atoms with Gasteiger partial charge >= 0.3 is 0 Å². The van der Waals surface area contributed by atoms with Gasteiger partial charge in [-0.3, -0.25) is 4.79 Å². The van der Waals surface area contributed by atoms with E-state index in [0.717, 1.165) is 19.4 Å². The fourth-order valence-electron chi connectivity index (χ4n) is 1.57. The van der Waals surface area contributed by atoms with E-state index in [1.54, 1.807) is 11.8 Å². The van der Waals surface area contributed by atoms with Gasteiger partial charge in [0.15, 0.2) is 0 Å². The molecule has 1 heterocycles. The number of carbonyl (C=O) groups excluding carboxylic acids is 1. The highest BCUT2D eigenvalue weighted by Gasteiger charge is 2.25. The number of azide groups is 1. The molecule has 5 nitrogen and oxygen atoms in total. The second kappa shape index (κ2) is 3.97. The van der Waals surface area contributed by atoms with Gasteiger partial charge in [0.1, 0.15) is 0 Å². The van der Waals surface area contributed by atoms with Crippen molar-refractivity contribution in [3.8, 4) is 0 Å². The lowest BCUT2D eigenvalue weighted by Gasteiger charge is -2.21. The van der Waals surface area contributed by atoms with Crippen molar-refractivity contribution >= 4 is 5.91 Å². The average Bonchev–Trinajstić information content (AvgIpc) is 2.48. The highest BCUT2D eigenvalue weighted by atomic mass is 16.2. The summed E-state index contributed by atoms with van der Waals surface area (Å²) in [5.41, 5.74) is 8.11. The molecule has 0 aromatic carbocycles. The van der Waals surface area contributed by atoms with Gasteiger partial charge < -0.3 is 4.90 Å². The Morgan fingerprint density at radius 2 is 2.58 bits per heavy atom. The maximum absolute atomic E-state index is 11.0. The number of hydrogen-bond donors (Lipinski definition) is 0. The molecule has 1 aliphatic heterocycles. The fraction of sp³-hybridized carbons (Fsp3) is 0.857. The molecule has 0 unspecified atom stereocenters. The lowest BCUT2D eigenvalue weighted by molar-refractivity contribution is -0.129. The molecular weight excluding hydrogens is 156 g/mol. The normalized spacial score (nSPS) is 22.1. The maximum atomic E-state index is 11.0. The smallest absolute Gasteiger partial charge is 0.219 e. The van der Waals surface area contributed by atoms with E-state index in [9.17, 15) is 4.79 Å². The molecule has 66 valence electrons. The zero-order valence-corrected chi connectivity index (χ0v) is 7.10. The van der Waals surface area contributed by atoms with Crippen molar-refractivity contribution in [2.45, 2.75) is 25.8 Å². The molecule has 0 aromatic heterocycles. The van der Waals surface area contributed by atoms with E-state index in [0.29, 0.717) is 6.54 Å². The minimum Gasteiger partial charge on any atom is -0.340 e. The third-order valence-electron chi connectivity index (χ3n) is 2.14. The summed E-state index contributed by atoms with van der Waals surface area (Å²) in [7, 11) is 0. The van der Waals surface area contributed by atoms with Gasteiger partial charge in [-0.05, 0) is 18.4 Å². The van der Waals surface area contributed by atoms with E-state index in [1.165, 1.54) is 0 Å². The van der Waals surface area contributed by atoms with Crippen LogP contribution in [0.15, 0.2) is 5.11 Å². The Bertz CT molecular complexity index is 221. The number of likely N-dealkylation sites (tertiary alicyclic amines) is 1. The molecule has 12 heavy (non-hydrogen) atoms. The first-order chi connectivity index (χ1) is 5.75. The van der Waals surface area contributed by atoms with E-state index in [1.807, 2.05) is 0 Å². The summed E-state index contributed by atoms with van der Waals surface area (Å²) in [5.74, 6) is 0.0747. The Labute approximate surface area is 71.0 Å². The lowest BCUT2D eigenvalue weighted by Crippen LogP contribution is -2.35. The van der Waals surface area contributed by atoms with Crippen LogP contribution in [-0.2, 0) is 4.79 Å². The second-order valence-electron chi connectivity index (χ2n) is 2.92. The standard InChI is InChI=1S/C7H12N4O/c1-6(12)11-4-2-3-7(11)5-9-10-8/h7H,2-5H2,1H3/t7-/m0/s1. The SMILES string of the molecule is CC(=O)N1CCC[C@H]1CN=[N+]=[N-]. The molecule has 0 saturated carbocycles. The topological polar surface area (TPSA) is 69.1 Å². The van der Waals surface area contributed by atoms with E-state index in [2.05, 4.69) is 10.0 Å². The minimum atomic E-state index is 0.0747. The van der Waals surface area contributed by atoms with Crippen LogP contribution in [0.5, 0.6) is 0 Å². The molecule has 5 heteroatoms. The Morgan fingerprint density at radius 3 is 3.17 bits per heavy atom. The quantitative estimate of drug-likeness (QED) is 0.348. The first-order valence-electron chi connectivity index (χ1n) is 4.03. The molecule has 1 fully saturated rings. The Hall–Kier alpha value is -1.22. The highest BCUT2D eigenvalue weighted by Crippen LogP contribution is 2.17. The Balaban J connectivity index is 2.51. The van der Waals surface area contributed by atoms with Crippen LogP contribution >= 0.6 is 0 Å². The Kier molecular flexibility index (Phi) is 2.94. The lowest BCUT2D eigenvalue weighted by atomic mass is 10.2. The summed E-state index contributed by atoms with van der Waals surface area (Å²) < 4.78 is 0. The van der Waals surface area contributed by atoms with Gasteiger partial charge in [0.2, 0.25) is 5.91 Å². The summed E-state index contributed by atoms with van der Waals surface area (Å²) in [5, 5.41) is 3.47. The number of amides is 1. The predicted molar refractivity (Wildman–Crippen MR) is 44.4 cm³/mol. The van der Waals surface area contributed by atoms with E-state index in [4.69, 9.17) is 5.53 Å². The van der Waals surface area contributed by atoms with Gasteiger partial charge in [-0.15, -0.1) is 0 Å². The van der Waals surface area contributed by atoms with Crippen LogP contribution in [0.1, 0.15) is 19.8 Å². The molecule has 0 radical (unpaired) electrons. The van der Waals surface area contributed by atoms with Gasteiger partial charge in [0.25, 0.3) is 0 Å². The largest absolute Gasteiger partial charge is 0.340 e. The van der Waals surface area contributed by atoms with E-state index >= 15 is 0 Å². The molecule has 1 aliphatic rings. The molecule has 0 spiro atoms. The van der Waals surface area contributed by atoms with Crippen molar-refractivity contribution in [3.63, 3.8) is 0 Å². The summed E-state index contributed by atoms with van der Waals surface area (Å²) in [6.07, 6.45) is 1.98. The van der Waals surface area contributed by atoms with E-state index < -0.39 is 0 Å². The molecular formula is C7H12N4O. The molecule has 0 aliphatic carbocycles.